The molecule has 0 radical (unpaired) electrons. The number of hydrogen-bond acceptors (Lipinski definition) is 4. The Kier molecular flexibility index (Phi) is 2.67. The lowest BCUT2D eigenvalue weighted by atomic mass is 10.3. The molecule has 4 rings (SSSR count). The zero-order chi connectivity index (χ0) is 14.1. The molecule has 0 amide bonds. The smallest absolute Gasteiger partial charge is 0.165 e. The van der Waals surface area contributed by atoms with E-state index in [-0.39, 0.29) is 0 Å². The molecule has 4 heterocycles. The second-order valence-electron chi connectivity index (χ2n) is 4.54. The molecule has 0 spiro atoms. The summed E-state index contributed by atoms with van der Waals surface area (Å²) in [6.45, 7) is 0. The van der Waals surface area contributed by atoms with Crippen molar-refractivity contribution in [3.63, 3.8) is 0 Å². The maximum atomic E-state index is 4.68. The molecule has 0 atom stereocenters. The number of nitrogens with zero attached hydrogens (tertiary/aromatic N) is 5. The van der Waals surface area contributed by atoms with Crippen LogP contribution in [-0.4, -0.2) is 24.5 Å². The lowest BCUT2D eigenvalue weighted by Gasteiger charge is -2.07. The highest BCUT2D eigenvalue weighted by Gasteiger charge is 2.15. The molecule has 0 unspecified atom stereocenters. The van der Waals surface area contributed by atoms with Gasteiger partial charge in [0, 0.05) is 24.8 Å². The molecule has 0 N–H and O–H groups in total. The van der Waals surface area contributed by atoms with Crippen molar-refractivity contribution >= 4 is 11.2 Å². The third-order valence-corrected chi connectivity index (χ3v) is 3.23. The number of rotatable bonds is 2. The van der Waals surface area contributed by atoms with Gasteiger partial charge in [0.1, 0.15) is 11.2 Å². The molecule has 4 aromatic rings. The Bertz CT molecular complexity index is 884. The predicted octanol–water partition coefficient (Wildman–Crippen LogP) is 2.88. The van der Waals surface area contributed by atoms with Crippen molar-refractivity contribution in [1.29, 1.82) is 0 Å². The topological polar surface area (TPSA) is 56.5 Å². The molecule has 0 aliphatic rings. The zero-order valence-electron chi connectivity index (χ0n) is 11.1. The molecular formula is C16H11N5. The average Bonchev–Trinajstić information content (AvgIpc) is 2.96. The van der Waals surface area contributed by atoms with Crippen LogP contribution in [-0.2, 0) is 0 Å². The Morgan fingerprint density at radius 3 is 2.43 bits per heavy atom. The molecule has 0 aliphatic carbocycles. The fraction of sp³-hybridized carbons (Fsp3) is 0. The third-order valence-electron chi connectivity index (χ3n) is 3.23. The molecule has 100 valence electrons. The monoisotopic (exact) mass is 273 g/mol. The highest BCUT2D eigenvalue weighted by Crippen LogP contribution is 2.25. The van der Waals surface area contributed by atoms with Crippen molar-refractivity contribution in [3.05, 3.63) is 67.3 Å². The summed E-state index contributed by atoms with van der Waals surface area (Å²) in [5.41, 5.74) is 3.43. The number of aromatic nitrogens is 5. The van der Waals surface area contributed by atoms with Crippen molar-refractivity contribution in [2.24, 2.45) is 0 Å². The summed E-state index contributed by atoms with van der Waals surface area (Å²) in [7, 11) is 0. The van der Waals surface area contributed by atoms with Gasteiger partial charge in [-0.2, -0.15) is 0 Å². The summed E-state index contributed by atoms with van der Waals surface area (Å²) in [5, 5.41) is 0. The van der Waals surface area contributed by atoms with E-state index in [4.69, 9.17) is 0 Å². The van der Waals surface area contributed by atoms with Crippen LogP contribution in [0.2, 0.25) is 0 Å². The highest BCUT2D eigenvalue weighted by molar-refractivity contribution is 5.78. The summed E-state index contributed by atoms with van der Waals surface area (Å²) in [4.78, 5) is 17.6. The van der Waals surface area contributed by atoms with Crippen LogP contribution >= 0.6 is 0 Å². The molecule has 0 bridgehead atoms. The fourth-order valence-electron chi connectivity index (χ4n) is 2.32. The molecule has 0 saturated heterocycles. The summed E-state index contributed by atoms with van der Waals surface area (Å²) < 4.78 is 2.00. The first kappa shape index (κ1) is 11.7. The van der Waals surface area contributed by atoms with Crippen molar-refractivity contribution in [1.82, 2.24) is 24.5 Å². The van der Waals surface area contributed by atoms with Crippen LogP contribution in [0, 0.1) is 0 Å². The van der Waals surface area contributed by atoms with Crippen molar-refractivity contribution < 1.29 is 0 Å². The van der Waals surface area contributed by atoms with Gasteiger partial charge in [0.2, 0.25) is 0 Å². The van der Waals surface area contributed by atoms with Crippen LogP contribution in [0.25, 0.3) is 28.4 Å². The van der Waals surface area contributed by atoms with Gasteiger partial charge in [-0.1, -0.05) is 6.07 Å². The van der Waals surface area contributed by atoms with Crippen LogP contribution in [0.15, 0.2) is 67.3 Å². The quantitative estimate of drug-likeness (QED) is 0.563. The van der Waals surface area contributed by atoms with Gasteiger partial charge in [-0.05, 0) is 36.4 Å². The first-order valence-electron chi connectivity index (χ1n) is 6.59. The minimum Gasteiger partial charge on any atom is -0.275 e. The van der Waals surface area contributed by atoms with Crippen LogP contribution < -0.4 is 0 Å². The maximum absolute atomic E-state index is 4.68. The van der Waals surface area contributed by atoms with Crippen molar-refractivity contribution in [2.75, 3.05) is 0 Å². The van der Waals surface area contributed by atoms with E-state index in [1.54, 1.807) is 24.8 Å². The van der Waals surface area contributed by atoms with Gasteiger partial charge in [0.25, 0.3) is 0 Å². The summed E-state index contributed by atoms with van der Waals surface area (Å²) >= 11 is 0. The molecule has 4 aromatic heterocycles. The van der Waals surface area contributed by atoms with Gasteiger partial charge >= 0.3 is 0 Å². The maximum Gasteiger partial charge on any atom is 0.165 e. The number of pyridine rings is 3. The van der Waals surface area contributed by atoms with Crippen molar-refractivity contribution in [3.8, 4) is 17.2 Å². The van der Waals surface area contributed by atoms with Crippen LogP contribution in [0.4, 0.5) is 0 Å². The number of fused-ring (bicyclic) bond motifs is 1. The van der Waals surface area contributed by atoms with Crippen LogP contribution in [0.3, 0.4) is 0 Å². The standard InChI is InChI=1S/C16H11N5/c1-2-8-18-13(4-1)16-20-14-5-3-9-19-15(14)21(16)12-6-10-17-11-7-12/h1-11H. The Hall–Kier alpha value is -3.08. The molecule has 5 heteroatoms. The van der Waals surface area contributed by atoms with Crippen LogP contribution in [0.1, 0.15) is 0 Å². The van der Waals surface area contributed by atoms with E-state index in [9.17, 15) is 0 Å². The van der Waals surface area contributed by atoms with E-state index in [2.05, 4.69) is 19.9 Å². The van der Waals surface area contributed by atoms with E-state index in [0.29, 0.717) is 0 Å². The molecule has 5 nitrogen and oxygen atoms in total. The van der Waals surface area contributed by atoms with Gasteiger partial charge in [0.15, 0.2) is 11.5 Å². The summed E-state index contributed by atoms with van der Waals surface area (Å²) in [6, 6.07) is 13.5. The molecule has 0 saturated carbocycles. The van der Waals surface area contributed by atoms with Crippen molar-refractivity contribution in [2.45, 2.75) is 0 Å². The van der Waals surface area contributed by atoms with Gasteiger partial charge in [-0.15, -0.1) is 0 Å². The van der Waals surface area contributed by atoms with Crippen LogP contribution in [0.5, 0.6) is 0 Å². The predicted molar refractivity (Wildman–Crippen MR) is 79.9 cm³/mol. The van der Waals surface area contributed by atoms with E-state index in [0.717, 1.165) is 28.4 Å². The van der Waals surface area contributed by atoms with Gasteiger partial charge in [-0.25, -0.2) is 9.97 Å². The van der Waals surface area contributed by atoms with E-state index >= 15 is 0 Å². The molecule has 0 fully saturated rings. The second-order valence-corrected chi connectivity index (χ2v) is 4.54. The first-order valence-corrected chi connectivity index (χ1v) is 6.59. The lowest BCUT2D eigenvalue weighted by molar-refractivity contribution is 1.05. The normalized spacial score (nSPS) is 10.9. The largest absolute Gasteiger partial charge is 0.275 e. The van der Waals surface area contributed by atoms with Gasteiger partial charge < -0.3 is 0 Å². The first-order chi connectivity index (χ1) is 10.4. The Morgan fingerprint density at radius 1 is 0.762 bits per heavy atom. The van der Waals surface area contributed by atoms with Gasteiger partial charge in [-0.3, -0.25) is 14.5 Å². The Morgan fingerprint density at radius 2 is 1.62 bits per heavy atom. The summed E-state index contributed by atoms with van der Waals surface area (Å²) in [6.07, 6.45) is 7.04. The molecular weight excluding hydrogens is 262 g/mol. The highest BCUT2D eigenvalue weighted by atomic mass is 15.1. The minimum atomic E-state index is 0.774. The lowest BCUT2D eigenvalue weighted by Crippen LogP contribution is -1.99. The third kappa shape index (κ3) is 1.95. The zero-order valence-corrected chi connectivity index (χ0v) is 11.1. The molecule has 0 aromatic carbocycles. The summed E-state index contributed by atoms with van der Waals surface area (Å²) in [5.74, 6) is 0.774. The Labute approximate surface area is 121 Å². The van der Waals surface area contributed by atoms with E-state index < -0.39 is 0 Å². The number of imidazole rings is 1. The van der Waals surface area contributed by atoms with Gasteiger partial charge in [0.05, 0.1) is 5.69 Å². The second kappa shape index (κ2) is 4.79. The SMILES string of the molecule is c1ccc(-c2nc3cccnc3n2-c2ccncc2)nc1. The fourth-order valence-corrected chi connectivity index (χ4v) is 2.32. The minimum absolute atomic E-state index is 0.774. The number of hydrogen-bond donors (Lipinski definition) is 0. The van der Waals surface area contributed by atoms with E-state index in [1.807, 2.05) is 47.0 Å². The Balaban J connectivity index is 2.07. The molecule has 0 aliphatic heterocycles. The van der Waals surface area contributed by atoms with E-state index in [1.165, 1.54) is 0 Å². The molecule has 21 heavy (non-hydrogen) atoms. The average molecular weight is 273 g/mol.